The van der Waals surface area contributed by atoms with Crippen molar-refractivity contribution >= 4 is 24.4 Å². The van der Waals surface area contributed by atoms with Crippen LogP contribution in [-0.4, -0.2) is 47.3 Å². The summed E-state index contributed by atoms with van der Waals surface area (Å²) in [6.45, 7) is 14.0. The summed E-state index contributed by atoms with van der Waals surface area (Å²) < 4.78 is 7.86. The monoisotopic (exact) mass is 607 g/mol. The molecule has 0 aliphatic carbocycles. The van der Waals surface area contributed by atoms with Crippen LogP contribution in [0.25, 0.3) is 6.08 Å². The van der Waals surface area contributed by atoms with Gasteiger partial charge in [-0.15, -0.1) is 0 Å². The third-order valence-electron chi connectivity index (χ3n) is 8.25. The summed E-state index contributed by atoms with van der Waals surface area (Å²) >= 11 is 0. The van der Waals surface area contributed by atoms with Crippen molar-refractivity contribution in [1.82, 2.24) is 19.8 Å². The van der Waals surface area contributed by atoms with E-state index in [0.717, 1.165) is 43.7 Å². The Morgan fingerprint density at radius 1 is 1.13 bits per heavy atom. The number of hydrogen-bond acceptors (Lipinski definition) is 8. The van der Waals surface area contributed by atoms with E-state index in [-0.39, 0.29) is 11.6 Å². The van der Waals surface area contributed by atoms with Crippen LogP contribution < -0.4 is 21.1 Å². The molecular weight excluding hydrogens is 562 g/mol. The van der Waals surface area contributed by atoms with Gasteiger partial charge in [-0.05, 0) is 67.4 Å². The summed E-state index contributed by atoms with van der Waals surface area (Å²) in [7, 11) is 2.08. The van der Waals surface area contributed by atoms with Gasteiger partial charge in [0.1, 0.15) is 18.1 Å². The molecule has 3 aromatic rings. The van der Waals surface area contributed by atoms with Gasteiger partial charge in [-0.3, -0.25) is 14.4 Å². The Morgan fingerprint density at radius 2 is 1.93 bits per heavy atom. The summed E-state index contributed by atoms with van der Waals surface area (Å²) in [6, 6.07) is 16.2. The third kappa shape index (κ3) is 8.44. The number of aromatic nitrogens is 2. The molecule has 9 nitrogen and oxygen atoms in total. The molecule has 5 rings (SSSR count). The van der Waals surface area contributed by atoms with Crippen LogP contribution in [0.5, 0.6) is 0 Å². The van der Waals surface area contributed by atoms with Crippen LogP contribution in [0.2, 0.25) is 0 Å². The molecule has 1 atom stereocenters. The van der Waals surface area contributed by atoms with E-state index in [4.69, 9.17) is 9.72 Å². The van der Waals surface area contributed by atoms with Crippen LogP contribution in [-0.2, 0) is 31.0 Å². The molecular formula is C36H45N7O2. The molecule has 9 heteroatoms. The number of nitrogens with one attached hydrogen (secondary N) is 2. The normalized spacial score (nSPS) is 15.3. The molecule has 2 N–H and O–H groups in total. The van der Waals surface area contributed by atoms with E-state index in [1.807, 2.05) is 37.3 Å². The highest BCUT2D eigenvalue weighted by Gasteiger charge is 2.21. The molecule has 0 amide bonds. The van der Waals surface area contributed by atoms with Crippen LogP contribution >= 0.6 is 0 Å². The Balaban J connectivity index is 1.27. The van der Waals surface area contributed by atoms with Crippen LogP contribution in [0.15, 0.2) is 94.9 Å². The lowest BCUT2D eigenvalue weighted by Crippen LogP contribution is -2.38. The molecule has 1 fully saturated rings. The minimum atomic E-state index is -0.327. The zero-order valence-electron chi connectivity index (χ0n) is 26.5. The number of fused-ring (bicyclic) bond motifs is 1. The number of rotatable bonds is 14. The van der Waals surface area contributed by atoms with E-state index in [1.165, 1.54) is 23.1 Å². The first-order valence-corrected chi connectivity index (χ1v) is 15.8. The number of nitrogens with zero attached hydrogens (tertiary/aromatic N) is 5. The van der Waals surface area contributed by atoms with Gasteiger partial charge < -0.3 is 25.2 Å². The molecule has 0 bridgehead atoms. The standard InChI is InChI=1S/C36H45N7O2/c1-27(38-22-30-13-14-31-16-19-41(4)25-32(31)21-30)15-20-43-35(44)33(23-39-36(43)42-17-9-6-10-18-42)40-28(2)34(24-37-3)45-26-29-11-7-5-8-12-29/h5,7-8,11-14,16,19,21,23-24,28,38,40H,1,3,6,9-10,15,17-18,20,22,25-26H2,2,4H3/b34-24-/t28-/m1/s1. The van der Waals surface area contributed by atoms with E-state index in [2.05, 4.69) is 76.2 Å². The first-order valence-electron chi connectivity index (χ1n) is 15.8. The summed E-state index contributed by atoms with van der Waals surface area (Å²) in [4.78, 5) is 27.1. The molecule has 2 aliphatic heterocycles. The van der Waals surface area contributed by atoms with Crippen LogP contribution in [0, 0.1) is 0 Å². The average molecular weight is 608 g/mol. The summed E-state index contributed by atoms with van der Waals surface area (Å²) in [6.07, 6.45) is 11.5. The van der Waals surface area contributed by atoms with Crippen molar-refractivity contribution in [1.29, 1.82) is 0 Å². The largest absolute Gasteiger partial charge is 0.489 e. The summed E-state index contributed by atoms with van der Waals surface area (Å²) in [5.41, 5.74) is 6.00. The van der Waals surface area contributed by atoms with Gasteiger partial charge in [-0.2, -0.15) is 0 Å². The topological polar surface area (TPSA) is 87.0 Å². The molecule has 0 spiro atoms. The molecule has 2 aliphatic rings. The Kier molecular flexibility index (Phi) is 10.7. The van der Waals surface area contributed by atoms with Crippen molar-refractivity contribution in [2.24, 2.45) is 4.99 Å². The lowest BCUT2D eigenvalue weighted by atomic mass is 10.0. The van der Waals surface area contributed by atoms with Crippen molar-refractivity contribution in [3.05, 3.63) is 118 Å². The molecule has 2 aromatic carbocycles. The molecule has 3 heterocycles. The van der Waals surface area contributed by atoms with Crippen molar-refractivity contribution in [2.45, 2.75) is 64.9 Å². The second-order valence-corrected chi connectivity index (χ2v) is 11.8. The van der Waals surface area contributed by atoms with Crippen LogP contribution in [0.4, 0.5) is 11.6 Å². The van der Waals surface area contributed by atoms with E-state index >= 15 is 0 Å². The Hall–Kier alpha value is -4.79. The molecule has 1 saturated heterocycles. The Bertz CT molecular complexity index is 1590. The fourth-order valence-corrected chi connectivity index (χ4v) is 5.70. The minimum absolute atomic E-state index is 0.119. The first kappa shape index (κ1) is 31.6. The zero-order valence-corrected chi connectivity index (χ0v) is 26.5. The van der Waals surface area contributed by atoms with Gasteiger partial charge in [0.25, 0.3) is 5.56 Å². The lowest BCUT2D eigenvalue weighted by Gasteiger charge is -2.30. The molecule has 1 aromatic heterocycles. The predicted molar refractivity (Wildman–Crippen MR) is 184 cm³/mol. The third-order valence-corrected chi connectivity index (χ3v) is 8.25. The maximum Gasteiger partial charge on any atom is 0.278 e. The number of aliphatic imine (C=N–C) groups is 1. The Morgan fingerprint density at radius 3 is 2.71 bits per heavy atom. The Labute approximate surface area is 266 Å². The van der Waals surface area contributed by atoms with Gasteiger partial charge in [-0.1, -0.05) is 55.1 Å². The van der Waals surface area contributed by atoms with E-state index < -0.39 is 0 Å². The van der Waals surface area contributed by atoms with Gasteiger partial charge >= 0.3 is 0 Å². The van der Waals surface area contributed by atoms with Gasteiger partial charge in [0.15, 0.2) is 0 Å². The highest BCUT2D eigenvalue weighted by molar-refractivity contribution is 5.56. The number of allylic oxidation sites excluding steroid dienone is 1. The summed E-state index contributed by atoms with van der Waals surface area (Å²) in [5, 5.41) is 6.80. The number of benzene rings is 2. The quantitative estimate of drug-likeness (QED) is 0.174. The molecule has 45 heavy (non-hydrogen) atoms. The maximum absolute atomic E-state index is 14.0. The molecule has 0 radical (unpaired) electrons. The fraction of sp³-hybridized carbons (Fsp3) is 0.361. The zero-order chi connectivity index (χ0) is 31.6. The predicted octanol–water partition coefficient (Wildman–Crippen LogP) is 5.90. The van der Waals surface area contributed by atoms with Crippen molar-refractivity contribution in [3.8, 4) is 0 Å². The van der Waals surface area contributed by atoms with E-state index in [0.29, 0.717) is 43.5 Å². The highest BCUT2D eigenvalue weighted by atomic mass is 16.5. The van der Waals surface area contributed by atoms with E-state index in [1.54, 1.807) is 17.0 Å². The van der Waals surface area contributed by atoms with Crippen molar-refractivity contribution < 1.29 is 4.74 Å². The highest BCUT2D eigenvalue weighted by Crippen LogP contribution is 2.22. The fourth-order valence-electron chi connectivity index (χ4n) is 5.70. The maximum atomic E-state index is 14.0. The van der Waals surface area contributed by atoms with Crippen LogP contribution in [0.3, 0.4) is 0 Å². The van der Waals surface area contributed by atoms with E-state index in [9.17, 15) is 4.79 Å². The molecule has 0 saturated carbocycles. The number of ether oxygens (including phenoxy) is 1. The number of hydrogen-bond donors (Lipinski definition) is 2. The second kappa shape index (κ2) is 15.3. The van der Waals surface area contributed by atoms with Gasteiger partial charge in [0.2, 0.25) is 5.95 Å². The smallest absolute Gasteiger partial charge is 0.278 e. The van der Waals surface area contributed by atoms with Crippen LogP contribution in [0.1, 0.15) is 54.9 Å². The van der Waals surface area contributed by atoms with Crippen molar-refractivity contribution in [3.63, 3.8) is 0 Å². The molecule has 0 unspecified atom stereocenters. The van der Waals surface area contributed by atoms with Gasteiger partial charge in [0, 0.05) is 51.9 Å². The van der Waals surface area contributed by atoms with Gasteiger partial charge in [0.05, 0.1) is 18.4 Å². The van der Waals surface area contributed by atoms with Crippen molar-refractivity contribution in [2.75, 3.05) is 30.4 Å². The number of anilines is 2. The average Bonchev–Trinajstić information content (AvgIpc) is 3.06. The molecule has 236 valence electrons. The summed E-state index contributed by atoms with van der Waals surface area (Å²) in [5.74, 6) is 1.30. The minimum Gasteiger partial charge on any atom is -0.489 e. The lowest BCUT2D eigenvalue weighted by molar-refractivity contribution is 0.185. The number of piperidine rings is 1. The second-order valence-electron chi connectivity index (χ2n) is 11.8. The van der Waals surface area contributed by atoms with Gasteiger partial charge in [-0.25, -0.2) is 4.98 Å². The first-order chi connectivity index (χ1) is 21.9. The SMILES string of the molecule is C=N/C=C(\OCc1ccccc1)[C@@H](C)Nc1cnc(N2CCCCC2)n(CCC(=C)NCc2ccc3c(c2)CN(C)C=C3)c1=O.